The fourth-order valence-electron chi connectivity index (χ4n) is 4.38. The molecule has 0 aromatic heterocycles. The van der Waals surface area contributed by atoms with Crippen molar-refractivity contribution in [2.75, 3.05) is 45.7 Å². The molecule has 0 saturated carbocycles. The summed E-state index contributed by atoms with van der Waals surface area (Å²) in [6, 6.07) is 18.6. The number of hydrogen-bond acceptors (Lipinski definition) is 3. The van der Waals surface area contributed by atoms with Gasteiger partial charge in [0.25, 0.3) is 0 Å². The van der Waals surface area contributed by atoms with E-state index >= 15 is 0 Å². The van der Waals surface area contributed by atoms with Crippen LogP contribution in [-0.2, 0) is 14.9 Å². The molecular weight excluding hydrogens is 348 g/mol. The van der Waals surface area contributed by atoms with Gasteiger partial charge in [-0.15, -0.1) is 0 Å². The Morgan fingerprint density at radius 2 is 1.61 bits per heavy atom. The highest BCUT2D eigenvalue weighted by molar-refractivity contribution is 5.94. The molecular formula is C24H30N2O2. The minimum Gasteiger partial charge on any atom is -0.379 e. The summed E-state index contributed by atoms with van der Waals surface area (Å²) in [4.78, 5) is 16.3. The molecule has 2 saturated heterocycles. The van der Waals surface area contributed by atoms with Crippen LogP contribution in [-0.4, -0.2) is 61.5 Å². The largest absolute Gasteiger partial charge is 0.379 e. The summed E-state index contributed by atoms with van der Waals surface area (Å²) in [5.74, 6) is -0.521. The maximum absolute atomic E-state index is 14.0. The third kappa shape index (κ3) is 3.36. The number of ether oxygens (including phenoxy) is 1. The molecule has 4 nitrogen and oxygen atoms in total. The first-order chi connectivity index (χ1) is 16.7. The van der Waals surface area contributed by atoms with E-state index in [4.69, 9.17) is 11.0 Å². The summed E-state index contributed by atoms with van der Waals surface area (Å²) < 4.78 is 69.9. The van der Waals surface area contributed by atoms with Crippen molar-refractivity contribution in [2.24, 2.45) is 5.92 Å². The monoisotopic (exact) mass is 386 g/mol. The zero-order valence-electron chi connectivity index (χ0n) is 23.9. The zero-order chi connectivity index (χ0) is 26.6. The molecule has 1 atom stereocenters. The second kappa shape index (κ2) is 8.46. The van der Waals surface area contributed by atoms with E-state index < -0.39 is 37.4 Å². The predicted octanol–water partition coefficient (Wildman–Crippen LogP) is 3.17. The minimum atomic E-state index is -3.10. The van der Waals surface area contributed by atoms with Gasteiger partial charge in [-0.1, -0.05) is 60.7 Å². The van der Waals surface area contributed by atoms with E-state index in [0.717, 1.165) is 11.1 Å². The van der Waals surface area contributed by atoms with E-state index in [2.05, 4.69) is 4.74 Å². The lowest BCUT2D eigenvalue weighted by atomic mass is 9.66. The molecule has 1 amide bonds. The summed E-state index contributed by atoms with van der Waals surface area (Å²) in [5.41, 5.74) is 0.420. The summed E-state index contributed by atoms with van der Waals surface area (Å²) >= 11 is 0. The van der Waals surface area contributed by atoms with Gasteiger partial charge in [0, 0.05) is 37.5 Å². The van der Waals surface area contributed by atoms with Gasteiger partial charge in [0.15, 0.2) is 0 Å². The molecule has 4 heteroatoms. The Labute approximate surface area is 179 Å². The number of hydrogen-bond donors (Lipinski definition) is 0. The number of morpholine rings is 1. The van der Waals surface area contributed by atoms with Crippen LogP contribution in [0.4, 0.5) is 0 Å². The summed E-state index contributed by atoms with van der Waals surface area (Å²) in [7, 11) is 0. The number of carbonyl (C=O) groups is 1. The maximum atomic E-state index is 14.0. The Morgan fingerprint density at radius 3 is 2.14 bits per heavy atom. The third-order valence-corrected chi connectivity index (χ3v) is 5.68. The van der Waals surface area contributed by atoms with Gasteiger partial charge in [-0.25, -0.2) is 0 Å². The van der Waals surface area contributed by atoms with Crippen molar-refractivity contribution in [3.63, 3.8) is 0 Å². The van der Waals surface area contributed by atoms with Crippen LogP contribution in [0.5, 0.6) is 0 Å². The zero-order valence-corrected chi connectivity index (χ0v) is 15.9. The summed E-state index contributed by atoms with van der Waals surface area (Å²) in [5, 5.41) is 0. The maximum Gasteiger partial charge on any atom is 0.238 e. The fourth-order valence-corrected chi connectivity index (χ4v) is 4.38. The Bertz CT molecular complexity index is 1030. The minimum absolute atomic E-state index is 0.106. The quantitative estimate of drug-likeness (QED) is 0.764. The Hall–Kier alpha value is -2.17. The highest BCUT2D eigenvalue weighted by Gasteiger charge is 2.55. The third-order valence-electron chi connectivity index (χ3n) is 5.68. The van der Waals surface area contributed by atoms with Gasteiger partial charge >= 0.3 is 0 Å². The lowest BCUT2D eigenvalue weighted by Crippen LogP contribution is -2.43. The van der Waals surface area contributed by atoms with Gasteiger partial charge in [-0.05, 0) is 31.0 Å². The van der Waals surface area contributed by atoms with Crippen LogP contribution >= 0.6 is 0 Å². The standard InChI is InChI=1S/C24H30N2O2/c1-2-26-19-22(13-14-25-15-17-28-18-16-25)24(23(26)27,20-9-5-3-6-10-20)21-11-7-4-8-12-21/h3-12,22H,2,13-19H2,1H3/i15D2,16D2,17D2,18D2. The molecule has 2 aromatic rings. The predicted molar refractivity (Wildman–Crippen MR) is 111 cm³/mol. The van der Waals surface area contributed by atoms with Crippen LogP contribution in [0.3, 0.4) is 0 Å². The molecule has 0 N–H and O–H groups in total. The number of likely N-dealkylation sites (tertiary alicyclic amines) is 1. The van der Waals surface area contributed by atoms with Crippen molar-refractivity contribution >= 4 is 5.91 Å². The number of amides is 1. The topological polar surface area (TPSA) is 32.8 Å². The first-order valence-corrected chi connectivity index (χ1v) is 9.62. The molecule has 0 spiro atoms. The number of nitrogens with zero attached hydrogens (tertiary/aromatic N) is 2. The van der Waals surface area contributed by atoms with E-state index in [9.17, 15) is 4.79 Å². The molecule has 2 aliphatic rings. The van der Waals surface area contributed by atoms with Crippen molar-refractivity contribution in [1.82, 2.24) is 9.80 Å². The van der Waals surface area contributed by atoms with Gasteiger partial charge in [0.2, 0.25) is 5.91 Å². The van der Waals surface area contributed by atoms with E-state index in [-0.39, 0.29) is 18.9 Å². The Kier molecular flexibility index (Phi) is 3.55. The molecule has 0 radical (unpaired) electrons. The fraction of sp³-hybridized carbons (Fsp3) is 0.458. The first kappa shape index (κ1) is 11.7. The smallest absolute Gasteiger partial charge is 0.238 e. The van der Waals surface area contributed by atoms with Gasteiger partial charge in [0.05, 0.1) is 18.6 Å². The SMILES string of the molecule is [2H]C1([2H])OC([2H])([2H])C([2H])([2H])N(CCC2CN(CC)C(=O)C2(c2ccccc2)c2ccccc2)C1([2H])[2H]. The van der Waals surface area contributed by atoms with Crippen molar-refractivity contribution in [3.05, 3.63) is 71.8 Å². The van der Waals surface area contributed by atoms with Crippen LogP contribution in [0, 0.1) is 5.92 Å². The van der Waals surface area contributed by atoms with Crippen LogP contribution < -0.4 is 0 Å². The second-order valence-corrected chi connectivity index (χ2v) is 7.05. The van der Waals surface area contributed by atoms with Gasteiger partial charge < -0.3 is 9.64 Å². The van der Waals surface area contributed by atoms with Crippen molar-refractivity contribution < 1.29 is 20.5 Å². The van der Waals surface area contributed by atoms with E-state index in [1.54, 1.807) is 4.90 Å². The molecule has 2 fully saturated rings. The van der Waals surface area contributed by atoms with Crippen LogP contribution in [0.2, 0.25) is 0 Å². The first-order valence-electron chi connectivity index (χ1n) is 13.6. The second-order valence-electron chi connectivity index (χ2n) is 7.05. The molecule has 0 aliphatic carbocycles. The van der Waals surface area contributed by atoms with Gasteiger partial charge in [-0.3, -0.25) is 9.69 Å². The van der Waals surface area contributed by atoms with Gasteiger partial charge in [-0.2, -0.15) is 0 Å². The lowest BCUT2D eigenvalue weighted by molar-refractivity contribution is -0.131. The molecule has 4 rings (SSSR count). The number of likely N-dealkylation sites (N-methyl/N-ethyl adjacent to an activating group) is 1. The normalized spacial score (nSPS) is 34.0. The molecule has 1 unspecified atom stereocenters. The van der Waals surface area contributed by atoms with E-state index in [1.165, 1.54) is 0 Å². The van der Waals surface area contributed by atoms with Crippen LogP contribution in [0.25, 0.3) is 0 Å². The van der Waals surface area contributed by atoms with E-state index in [1.807, 2.05) is 67.6 Å². The Balaban J connectivity index is 1.80. The average molecular weight is 387 g/mol. The highest BCUT2D eigenvalue weighted by Crippen LogP contribution is 2.47. The summed E-state index contributed by atoms with van der Waals surface area (Å²) in [6.07, 6.45) is 0.108. The van der Waals surface area contributed by atoms with Crippen LogP contribution in [0.1, 0.15) is 35.4 Å². The number of benzene rings is 2. The van der Waals surface area contributed by atoms with Crippen molar-refractivity contribution in [3.8, 4) is 0 Å². The molecule has 2 aromatic carbocycles. The lowest BCUT2D eigenvalue weighted by Gasteiger charge is -2.36. The van der Waals surface area contributed by atoms with Crippen molar-refractivity contribution in [1.29, 1.82) is 0 Å². The average Bonchev–Trinajstić information content (AvgIpc) is 3.10. The van der Waals surface area contributed by atoms with Crippen molar-refractivity contribution in [2.45, 2.75) is 18.8 Å². The molecule has 0 bridgehead atoms. The summed E-state index contributed by atoms with van der Waals surface area (Å²) in [6.45, 7) is -9.77. The molecule has 2 heterocycles. The highest BCUT2D eigenvalue weighted by atomic mass is 16.5. The molecule has 28 heavy (non-hydrogen) atoms. The molecule has 148 valence electrons. The van der Waals surface area contributed by atoms with Gasteiger partial charge in [0.1, 0.15) is 5.41 Å². The number of rotatable bonds is 6. The Morgan fingerprint density at radius 1 is 1.04 bits per heavy atom. The van der Waals surface area contributed by atoms with E-state index in [0.29, 0.717) is 18.0 Å². The number of carbonyl (C=O) groups excluding carboxylic acids is 1. The van der Waals surface area contributed by atoms with Crippen LogP contribution in [0.15, 0.2) is 60.7 Å². The molecule has 2 aliphatic heterocycles.